The summed E-state index contributed by atoms with van der Waals surface area (Å²) < 4.78 is 4.91. The molecule has 0 aliphatic rings. The molecule has 0 atom stereocenters. The lowest BCUT2D eigenvalue weighted by molar-refractivity contribution is 0.400. The Morgan fingerprint density at radius 2 is 2.35 bits per heavy atom. The molecule has 0 fully saturated rings. The second-order valence-electron chi connectivity index (χ2n) is 3.28. The molecule has 0 spiro atoms. The smallest absolute Gasteiger partial charge is 0.250 e. The van der Waals surface area contributed by atoms with Gasteiger partial charge in [0.25, 0.3) is 0 Å². The summed E-state index contributed by atoms with van der Waals surface area (Å²) in [6.45, 7) is 6.02. The molecule has 88 valence electrons. The number of nitrogens with one attached hydrogen (secondary N) is 2. The summed E-state index contributed by atoms with van der Waals surface area (Å²) in [4.78, 5) is 4.19. The van der Waals surface area contributed by atoms with Gasteiger partial charge in [-0.25, -0.2) is 0 Å². The Labute approximate surface area is 98.0 Å². The highest BCUT2D eigenvalue weighted by molar-refractivity contribution is 5.48. The highest BCUT2D eigenvalue weighted by Gasteiger charge is 2.04. The topological polar surface area (TPSA) is 88.8 Å². The first kappa shape index (κ1) is 11.1. The fourth-order valence-electron chi connectivity index (χ4n) is 1.16. The van der Waals surface area contributed by atoms with Crippen molar-refractivity contribution in [3.8, 4) is 0 Å². The van der Waals surface area contributed by atoms with E-state index in [0.717, 1.165) is 0 Å². The minimum atomic E-state index is 0.354. The lowest BCUT2D eigenvalue weighted by atomic mass is 10.5. The molecule has 0 saturated heterocycles. The van der Waals surface area contributed by atoms with E-state index in [4.69, 9.17) is 4.52 Å². The summed E-state index contributed by atoms with van der Waals surface area (Å²) in [5, 5.41) is 17.3. The molecule has 0 amide bonds. The first-order valence-corrected chi connectivity index (χ1v) is 5.03. The van der Waals surface area contributed by atoms with Crippen molar-refractivity contribution in [2.75, 3.05) is 17.2 Å². The molecule has 0 bridgehead atoms. The van der Waals surface area contributed by atoms with Gasteiger partial charge in [0.1, 0.15) is 5.76 Å². The number of hydrogen-bond donors (Lipinski definition) is 2. The Morgan fingerprint density at radius 3 is 3.06 bits per heavy atom. The zero-order valence-corrected chi connectivity index (χ0v) is 9.34. The molecule has 7 heteroatoms. The van der Waals surface area contributed by atoms with E-state index in [0.29, 0.717) is 29.9 Å². The maximum Gasteiger partial charge on any atom is 0.250 e. The van der Waals surface area contributed by atoms with Crippen LogP contribution in [0.4, 0.5) is 17.6 Å². The zero-order chi connectivity index (χ0) is 12.1. The quantitative estimate of drug-likeness (QED) is 0.755. The van der Waals surface area contributed by atoms with Gasteiger partial charge in [0, 0.05) is 12.6 Å². The molecule has 0 unspecified atom stereocenters. The second-order valence-corrected chi connectivity index (χ2v) is 3.28. The number of aromatic nitrogens is 4. The summed E-state index contributed by atoms with van der Waals surface area (Å²) in [6, 6.07) is 1.74. The van der Waals surface area contributed by atoms with Crippen molar-refractivity contribution in [1.29, 1.82) is 0 Å². The van der Waals surface area contributed by atoms with Gasteiger partial charge < -0.3 is 15.2 Å². The van der Waals surface area contributed by atoms with Gasteiger partial charge in [0.05, 0.1) is 6.20 Å². The minimum Gasteiger partial charge on any atom is -0.365 e. The van der Waals surface area contributed by atoms with E-state index in [1.807, 2.05) is 0 Å². The van der Waals surface area contributed by atoms with Crippen molar-refractivity contribution in [2.24, 2.45) is 0 Å². The SMILES string of the molecule is C=CCNc1cnnc(Nc2cc(C)on2)n1. The molecule has 0 radical (unpaired) electrons. The van der Waals surface area contributed by atoms with Gasteiger partial charge in [-0.2, -0.15) is 10.1 Å². The van der Waals surface area contributed by atoms with Crippen LogP contribution in [0.25, 0.3) is 0 Å². The van der Waals surface area contributed by atoms with Gasteiger partial charge in [-0.15, -0.1) is 11.7 Å². The fourth-order valence-corrected chi connectivity index (χ4v) is 1.16. The van der Waals surface area contributed by atoms with Gasteiger partial charge in [0.2, 0.25) is 5.95 Å². The molecule has 0 saturated carbocycles. The fraction of sp³-hybridized carbons (Fsp3) is 0.200. The van der Waals surface area contributed by atoms with Crippen molar-refractivity contribution in [1.82, 2.24) is 20.3 Å². The van der Waals surface area contributed by atoms with Gasteiger partial charge in [-0.05, 0) is 6.92 Å². The number of anilines is 3. The monoisotopic (exact) mass is 232 g/mol. The maximum absolute atomic E-state index is 4.91. The third kappa shape index (κ3) is 3.00. The lowest BCUT2D eigenvalue weighted by Crippen LogP contribution is -2.05. The van der Waals surface area contributed by atoms with E-state index < -0.39 is 0 Å². The van der Waals surface area contributed by atoms with Crippen molar-refractivity contribution in [3.05, 3.63) is 30.7 Å². The van der Waals surface area contributed by atoms with Gasteiger partial charge in [-0.3, -0.25) is 0 Å². The van der Waals surface area contributed by atoms with E-state index in [2.05, 4.69) is 37.6 Å². The summed E-state index contributed by atoms with van der Waals surface area (Å²) in [5.74, 6) is 2.22. The van der Waals surface area contributed by atoms with Crippen molar-refractivity contribution < 1.29 is 4.52 Å². The molecule has 17 heavy (non-hydrogen) atoms. The molecule has 0 aromatic carbocycles. The van der Waals surface area contributed by atoms with E-state index in [-0.39, 0.29) is 0 Å². The number of aryl methyl sites for hydroxylation is 1. The van der Waals surface area contributed by atoms with Crippen LogP contribution in [0.1, 0.15) is 5.76 Å². The highest BCUT2D eigenvalue weighted by Crippen LogP contribution is 2.12. The predicted octanol–water partition coefficient (Wildman–Crippen LogP) is 1.51. The first-order valence-electron chi connectivity index (χ1n) is 5.03. The molecule has 2 aromatic rings. The van der Waals surface area contributed by atoms with Crippen LogP contribution in [0, 0.1) is 6.92 Å². The van der Waals surface area contributed by atoms with E-state index >= 15 is 0 Å². The molecule has 2 N–H and O–H groups in total. The van der Waals surface area contributed by atoms with Crippen LogP contribution in [0.3, 0.4) is 0 Å². The number of rotatable bonds is 5. The summed E-state index contributed by atoms with van der Waals surface area (Å²) in [6.07, 6.45) is 3.26. The molecular formula is C10H12N6O. The third-order valence-corrected chi connectivity index (χ3v) is 1.85. The molecule has 0 aliphatic carbocycles. The number of hydrogen-bond acceptors (Lipinski definition) is 7. The Balaban J connectivity index is 2.08. The maximum atomic E-state index is 4.91. The molecule has 2 rings (SSSR count). The minimum absolute atomic E-state index is 0.354. The lowest BCUT2D eigenvalue weighted by Gasteiger charge is -2.03. The van der Waals surface area contributed by atoms with Crippen molar-refractivity contribution in [2.45, 2.75) is 6.92 Å². The van der Waals surface area contributed by atoms with Crippen molar-refractivity contribution >= 4 is 17.6 Å². The van der Waals surface area contributed by atoms with Crippen LogP contribution in [0.2, 0.25) is 0 Å². The van der Waals surface area contributed by atoms with Crippen LogP contribution in [0.5, 0.6) is 0 Å². The highest BCUT2D eigenvalue weighted by atomic mass is 16.5. The average Bonchev–Trinajstić information content (AvgIpc) is 2.73. The van der Waals surface area contributed by atoms with E-state index in [1.54, 1.807) is 19.1 Å². The standard InChI is InChI=1S/C10H12N6O/c1-3-4-11-9-6-12-15-10(14-9)13-8-5-7(2)17-16-8/h3,5-6H,1,4H2,2H3,(H2,11,13,14,15,16). The van der Waals surface area contributed by atoms with Crippen LogP contribution in [-0.2, 0) is 0 Å². The van der Waals surface area contributed by atoms with Crippen LogP contribution < -0.4 is 10.6 Å². The Kier molecular flexibility index (Phi) is 3.29. The zero-order valence-electron chi connectivity index (χ0n) is 9.34. The number of nitrogens with zero attached hydrogens (tertiary/aromatic N) is 4. The first-order chi connectivity index (χ1) is 8.28. The Bertz CT molecular complexity index is 509. The van der Waals surface area contributed by atoms with E-state index in [1.165, 1.54) is 6.20 Å². The predicted molar refractivity (Wildman–Crippen MR) is 63.0 cm³/mol. The molecule has 7 nitrogen and oxygen atoms in total. The van der Waals surface area contributed by atoms with E-state index in [9.17, 15) is 0 Å². The molecular weight excluding hydrogens is 220 g/mol. The molecule has 2 heterocycles. The van der Waals surface area contributed by atoms with Crippen LogP contribution in [0.15, 0.2) is 29.4 Å². The molecule has 0 aliphatic heterocycles. The molecule has 2 aromatic heterocycles. The Hall–Kier alpha value is -2.44. The third-order valence-electron chi connectivity index (χ3n) is 1.85. The second kappa shape index (κ2) is 5.06. The summed E-state index contributed by atoms with van der Waals surface area (Å²) in [5.41, 5.74) is 0. The normalized spacial score (nSPS) is 9.94. The summed E-state index contributed by atoms with van der Waals surface area (Å²) in [7, 11) is 0. The van der Waals surface area contributed by atoms with Gasteiger partial charge >= 0.3 is 0 Å². The van der Waals surface area contributed by atoms with Crippen LogP contribution >= 0.6 is 0 Å². The van der Waals surface area contributed by atoms with Crippen LogP contribution in [-0.4, -0.2) is 26.9 Å². The van der Waals surface area contributed by atoms with Gasteiger partial charge in [0.15, 0.2) is 11.6 Å². The van der Waals surface area contributed by atoms with Gasteiger partial charge in [-0.1, -0.05) is 11.2 Å². The van der Waals surface area contributed by atoms with Crippen molar-refractivity contribution in [3.63, 3.8) is 0 Å². The average molecular weight is 232 g/mol. The largest absolute Gasteiger partial charge is 0.365 e. The summed E-state index contributed by atoms with van der Waals surface area (Å²) >= 11 is 0. The Morgan fingerprint density at radius 1 is 1.47 bits per heavy atom.